The van der Waals surface area contributed by atoms with Crippen molar-refractivity contribution < 1.29 is 4.79 Å². The summed E-state index contributed by atoms with van der Waals surface area (Å²) >= 11 is 0. The SMILES string of the molecule is Cl.NCC(NC(=O)c1ccccn1)C1CCCC1. The van der Waals surface area contributed by atoms with Crippen molar-refractivity contribution in [3.05, 3.63) is 30.1 Å². The molecule has 1 fully saturated rings. The van der Waals surface area contributed by atoms with Crippen LogP contribution in [-0.2, 0) is 0 Å². The Hall–Kier alpha value is -1.13. The Morgan fingerprint density at radius 1 is 1.44 bits per heavy atom. The molecule has 2 rings (SSSR count). The number of hydrogen-bond acceptors (Lipinski definition) is 3. The third-order valence-electron chi connectivity index (χ3n) is 3.44. The fraction of sp³-hybridized carbons (Fsp3) is 0.538. The Morgan fingerprint density at radius 2 is 2.17 bits per heavy atom. The lowest BCUT2D eigenvalue weighted by Gasteiger charge is -2.22. The first-order chi connectivity index (χ1) is 8.31. The number of amides is 1. The van der Waals surface area contributed by atoms with Gasteiger partial charge in [0.25, 0.3) is 5.91 Å². The summed E-state index contributed by atoms with van der Waals surface area (Å²) in [6, 6.07) is 5.42. The van der Waals surface area contributed by atoms with Crippen LogP contribution >= 0.6 is 12.4 Å². The van der Waals surface area contributed by atoms with Crippen LogP contribution < -0.4 is 11.1 Å². The van der Waals surface area contributed by atoms with Crippen LogP contribution in [0.25, 0.3) is 0 Å². The van der Waals surface area contributed by atoms with Gasteiger partial charge in [0.15, 0.2) is 0 Å². The third kappa shape index (κ3) is 3.68. The molecule has 18 heavy (non-hydrogen) atoms. The zero-order valence-electron chi connectivity index (χ0n) is 10.3. The number of nitrogens with one attached hydrogen (secondary N) is 1. The van der Waals surface area contributed by atoms with E-state index in [1.165, 1.54) is 25.7 Å². The number of rotatable bonds is 4. The van der Waals surface area contributed by atoms with Gasteiger partial charge in [-0.1, -0.05) is 18.9 Å². The zero-order valence-corrected chi connectivity index (χ0v) is 11.2. The highest BCUT2D eigenvalue weighted by molar-refractivity contribution is 5.92. The molecule has 1 aliphatic carbocycles. The number of nitrogens with two attached hydrogens (primary N) is 1. The lowest BCUT2D eigenvalue weighted by molar-refractivity contribution is 0.0919. The molecule has 0 aliphatic heterocycles. The maximum absolute atomic E-state index is 11.9. The van der Waals surface area contributed by atoms with Crippen molar-refractivity contribution in [1.82, 2.24) is 10.3 Å². The predicted octanol–water partition coefficient (Wildman–Crippen LogP) is 1.75. The smallest absolute Gasteiger partial charge is 0.270 e. The number of carbonyl (C=O) groups is 1. The number of carbonyl (C=O) groups excluding carboxylic acids is 1. The third-order valence-corrected chi connectivity index (χ3v) is 3.44. The first kappa shape index (κ1) is 14.9. The van der Waals surface area contributed by atoms with Crippen molar-refractivity contribution in [1.29, 1.82) is 0 Å². The quantitative estimate of drug-likeness (QED) is 0.875. The van der Waals surface area contributed by atoms with Gasteiger partial charge in [0, 0.05) is 18.8 Å². The minimum Gasteiger partial charge on any atom is -0.346 e. The van der Waals surface area contributed by atoms with Crippen LogP contribution in [0, 0.1) is 5.92 Å². The van der Waals surface area contributed by atoms with E-state index in [1.807, 2.05) is 6.07 Å². The lowest BCUT2D eigenvalue weighted by atomic mass is 9.98. The molecule has 1 aromatic heterocycles. The Balaban J connectivity index is 0.00000162. The van der Waals surface area contributed by atoms with E-state index in [9.17, 15) is 4.79 Å². The Morgan fingerprint density at radius 3 is 2.72 bits per heavy atom. The highest BCUT2D eigenvalue weighted by Gasteiger charge is 2.25. The molecular formula is C13H20ClN3O. The minimum atomic E-state index is -0.118. The van der Waals surface area contributed by atoms with Gasteiger partial charge in [0.1, 0.15) is 5.69 Å². The van der Waals surface area contributed by atoms with E-state index in [2.05, 4.69) is 10.3 Å². The van der Waals surface area contributed by atoms with E-state index in [-0.39, 0.29) is 24.4 Å². The predicted molar refractivity (Wildman–Crippen MR) is 73.8 cm³/mol. The second-order valence-electron chi connectivity index (χ2n) is 4.58. The van der Waals surface area contributed by atoms with E-state index in [0.29, 0.717) is 18.2 Å². The molecule has 4 nitrogen and oxygen atoms in total. The maximum atomic E-state index is 11.9. The van der Waals surface area contributed by atoms with Crippen molar-refractivity contribution in [2.75, 3.05) is 6.54 Å². The van der Waals surface area contributed by atoms with Gasteiger partial charge >= 0.3 is 0 Å². The fourth-order valence-corrected chi connectivity index (χ4v) is 2.47. The van der Waals surface area contributed by atoms with E-state index in [1.54, 1.807) is 18.3 Å². The first-order valence-corrected chi connectivity index (χ1v) is 6.23. The van der Waals surface area contributed by atoms with Crippen LogP contribution in [0.2, 0.25) is 0 Å². The van der Waals surface area contributed by atoms with E-state index in [4.69, 9.17) is 5.73 Å². The summed E-state index contributed by atoms with van der Waals surface area (Å²) < 4.78 is 0. The van der Waals surface area contributed by atoms with Crippen LogP contribution in [0.3, 0.4) is 0 Å². The topological polar surface area (TPSA) is 68.0 Å². The Kier molecular flexibility index (Phi) is 6.09. The second-order valence-corrected chi connectivity index (χ2v) is 4.58. The Bertz CT molecular complexity index is 366. The first-order valence-electron chi connectivity index (χ1n) is 6.23. The number of nitrogens with zero attached hydrogens (tertiary/aromatic N) is 1. The molecule has 1 unspecified atom stereocenters. The molecule has 1 atom stereocenters. The minimum absolute atomic E-state index is 0. The number of pyridine rings is 1. The van der Waals surface area contributed by atoms with Gasteiger partial charge in [0.2, 0.25) is 0 Å². The largest absolute Gasteiger partial charge is 0.346 e. The molecule has 0 spiro atoms. The van der Waals surface area contributed by atoms with Gasteiger partial charge in [0.05, 0.1) is 0 Å². The fourth-order valence-electron chi connectivity index (χ4n) is 2.47. The van der Waals surface area contributed by atoms with Crippen molar-refractivity contribution >= 4 is 18.3 Å². The summed E-state index contributed by atoms with van der Waals surface area (Å²) in [6.07, 6.45) is 6.47. The molecule has 1 saturated carbocycles. The van der Waals surface area contributed by atoms with Gasteiger partial charge in [-0.05, 0) is 30.9 Å². The second kappa shape index (κ2) is 7.34. The van der Waals surface area contributed by atoms with E-state index in [0.717, 1.165) is 0 Å². The van der Waals surface area contributed by atoms with Crippen molar-refractivity contribution in [2.45, 2.75) is 31.7 Å². The molecule has 0 aromatic carbocycles. The van der Waals surface area contributed by atoms with Crippen LogP contribution in [0.4, 0.5) is 0 Å². The molecule has 1 amide bonds. The van der Waals surface area contributed by atoms with E-state index >= 15 is 0 Å². The van der Waals surface area contributed by atoms with Gasteiger partial charge in [-0.3, -0.25) is 9.78 Å². The molecular weight excluding hydrogens is 250 g/mol. The molecule has 1 aromatic rings. The summed E-state index contributed by atoms with van der Waals surface area (Å²) in [4.78, 5) is 16.0. The van der Waals surface area contributed by atoms with Crippen molar-refractivity contribution in [2.24, 2.45) is 11.7 Å². The number of aromatic nitrogens is 1. The van der Waals surface area contributed by atoms with Gasteiger partial charge in [-0.15, -0.1) is 12.4 Å². The van der Waals surface area contributed by atoms with Gasteiger partial charge in [-0.25, -0.2) is 0 Å². The summed E-state index contributed by atoms with van der Waals surface area (Å²) in [5, 5.41) is 3.00. The Labute approximate surface area is 114 Å². The number of hydrogen-bond donors (Lipinski definition) is 2. The summed E-state index contributed by atoms with van der Waals surface area (Å²) in [6.45, 7) is 0.503. The highest BCUT2D eigenvalue weighted by atomic mass is 35.5. The molecule has 1 aliphatic rings. The molecule has 1 heterocycles. The lowest BCUT2D eigenvalue weighted by Crippen LogP contribution is -2.44. The number of halogens is 1. The average molecular weight is 270 g/mol. The van der Waals surface area contributed by atoms with Crippen molar-refractivity contribution in [3.63, 3.8) is 0 Å². The zero-order chi connectivity index (χ0) is 12.1. The molecule has 100 valence electrons. The van der Waals surface area contributed by atoms with Gasteiger partial charge < -0.3 is 11.1 Å². The molecule has 0 saturated heterocycles. The van der Waals surface area contributed by atoms with Crippen LogP contribution in [0.5, 0.6) is 0 Å². The molecule has 0 radical (unpaired) electrons. The maximum Gasteiger partial charge on any atom is 0.270 e. The molecule has 5 heteroatoms. The summed E-state index contributed by atoms with van der Waals surface area (Å²) in [7, 11) is 0. The van der Waals surface area contributed by atoms with Crippen molar-refractivity contribution in [3.8, 4) is 0 Å². The molecule has 3 N–H and O–H groups in total. The summed E-state index contributed by atoms with van der Waals surface area (Å²) in [5.41, 5.74) is 6.21. The average Bonchev–Trinajstić information content (AvgIpc) is 2.90. The summed E-state index contributed by atoms with van der Waals surface area (Å²) in [5.74, 6) is 0.417. The monoisotopic (exact) mass is 269 g/mol. The van der Waals surface area contributed by atoms with Crippen LogP contribution in [0.1, 0.15) is 36.2 Å². The van der Waals surface area contributed by atoms with Gasteiger partial charge in [-0.2, -0.15) is 0 Å². The van der Waals surface area contributed by atoms with E-state index < -0.39 is 0 Å². The van der Waals surface area contributed by atoms with Crippen LogP contribution in [-0.4, -0.2) is 23.5 Å². The molecule has 0 bridgehead atoms. The standard InChI is InChI=1S/C13H19N3O.ClH/c14-9-12(10-5-1-2-6-10)16-13(17)11-7-3-4-8-15-11;/h3-4,7-8,10,12H,1-2,5-6,9,14H2,(H,16,17);1H. The van der Waals surface area contributed by atoms with Crippen LogP contribution in [0.15, 0.2) is 24.4 Å². The highest BCUT2D eigenvalue weighted by Crippen LogP contribution is 2.27. The normalized spacial score (nSPS) is 16.9.